The molecule has 9 heteroatoms. The number of hydrogen-bond acceptors (Lipinski definition) is 4. The van der Waals surface area contributed by atoms with Gasteiger partial charge in [-0.25, -0.2) is 0 Å². The standard InChI is InChI=1S/C17H20F3NO5/c18-17(19,20)26-13-3-1-11(2-4-13)9-15(22)21-10-14(16(23)24)12-5-7-25-8-6-12/h1-4,12,14H,5-10H2,(H,21,22)(H,23,24). The molecule has 144 valence electrons. The lowest BCUT2D eigenvalue weighted by molar-refractivity contribution is -0.274. The third-order valence-corrected chi connectivity index (χ3v) is 4.19. The number of alkyl halides is 3. The average molecular weight is 375 g/mol. The van der Waals surface area contributed by atoms with Gasteiger partial charge in [0.2, 0.25) is 5.91 Å². The van der Waals surface area contributed by atoms with Gasteiger partial charge < -0.3 is 19.9 Å². The van der Waals surface area contributed by atoms with E-state index < -0.39 is 24.2 Å². The smallest absolute Gasteiger partial charge is 0.481 e. The van der Waals surface area contributed by atoms with Gasteiger partial charge in [0.1, 0.15) is 5.75 Å². The highest BCUT2D eigenvalue weighted by Gasteiger charge is 2.31. The topological polar surface area (TPSA) is 84.9 Å². The van der Waals surface area contributed by atoms with Gasteiger partial charge in [-0.3, -0.25) is 9.59 Å². The van der Waals surface area contributed by atoms with Crippen LogP contribution < -0.4 is 10.1 Å². The maximum absolute atomic E-state index is 12.1. The number of carbonyl (C=O) groups is 2. The largest absolute Gasteiger partial charge is 0.573 e. The Morgan fingerprint density at radius 3 is 2.38 bits per heavy atom. The van der Waals surface area contributed by atoms with Crippen LogP contribution in [0.25, 0.3) is 0 Å². The minimum atomic E-state index is -4.77. The fourth-order valence-electron chi connectivity index (χ4n) is 2.85. The second kappa shape index (κ2) is 8.88. The second-order valence-corrected chi connectivity index (χ2v) is 6.07. The molecule has 0 bridgehead atoms. The molecule has 2 rings (SSSR count). The summed E-state index contributed by atoms with van der Waals surface area (Å²) in [5, 5.41) is 11.9. The van der Waals surface area contributed by atoms with Gasteiger partial charge in [-0.15, -0.1) is 13.2 Å². The predicted octanol–water partition coefficient (Wildman–Crippen LogP) is 2.37. The zero-order valence-electron chi connectivity index (χ0n) is 13.9. The third-order valence-electron chi connectivity index (χ3n) is 4.19. The van der Waals surface area contributed by atoms with Crippen LogP contribution in [0.5, 0.6) is 5.75 Å². The normalized spacial score (nSPS) is 16.7. The molecule has 1 amide bonds. The Morgan fingerprint density at radius 1 is 1.23 bits per heavy atom. The first-order chi connectivity index (χ1) is 12.2. The first kappa shape index (κ1) is 20.0. The van der Waals surface area contributed by atoms with Crippen molar-refractivity contribution in [1.82, 2.24) is 5.32 Å². The van der Waals surface area contributed by atoms with Crippen molar-refractivity contribution in [2.24, 2.45) is 11.8 Å². The fourth-order valence-corrected chi connectivity index (χ4v) is 2.85. The summed E-state index contributed by atoms with van der Waals surface area (Å²) in [5.41, 5.74) is 0.495. The summed E-state index contributed by atoms with van der Waals surface area (Å²) in [5.74, 6) is -2.48. The molecule has 1 aromatic rings. The van der Waals surface area contributed by atoms with Crippen LogP contribution >= 0.6 is 0 Å². The highest BCUT2D eigenvalue weighted by molar-refractivity contribution is 5.79. The Kier molecular flexibility index (Phi) is 6.84. The zero-order chi connectivity index (χ0) is 19.2. The number of nitrogens with one attached hydrogen (secondary N) is 1. The van der Waals surface area contributed by atoms with E-state index in [4.69, 9.17) is 4.74 Å². The Hall–Kier alpha value is -2.29. The van der Waals surface area contributed by atoms with Crippen molar-refractivity contribution in [1.29, 1.82) is 0 Å². The van der Waals surface area contributed by atoms with E-state index in [9.17, 15) is 27.9 Å². The lowest BCUT2D eigenvalue weighted by Crippen LogP contribution is -2.39. The van der Waals surface area contributed by atoms with Gasteiger partial charge in [-0.1, -0.05) is 12.1 Å². The Bertz CT molecular complexity index is 612. The number of halogens is 3. The van der Waals surface area contributed by atoms with Gasteiger partial charge in [0.15, 0.2) is 0 Å². The quantitative estimate of drug-likeness (QED) is 0.764. The highest BCUT2D eigenvalue weighted by Crippen LogP contribution is 2.24. The van der Waals surface area contributed by atoms with E-state index >= 15 is 0 Å². The van der Waals surface area contributed by atoms with Crippen molar-refractivity contribution in [2.75, 3.05) is 19.8 Å². The lowest BCUT2D eigenvalue weighted by Gasteiger charge is -2.27. The molecule has 1 saturated heterocycles. The number of amides is 1. The Morgan fingerprint density at radius 2 is 1.85 bits per heavy atom. The van der Waals surface area contributed by atoms with E-state index in [1.54, 1.807) is 0 Å². The van der Waals surface area contributed by atoms with Crippen LogP contribution in [0.15, 0.2) is 24.3 Å². The number of aliphatic carboxylic acids is 1. The van der Waals surface area contributed by atoms with Crippen molar-refractivity contribution < 1.29 is 37.3 Å². The minimum Gasteiger partial charge on any atom is -0.481 e. The van der Waals surface area contributed by atoms with E-state index in [1.807, 2.05) is 0 Å². The molecule has 0 aromatic heterocycles. The summed E-state index contributed by atoms with van der Waals surface area (Å²) in [6.45, 7) is 1.03. The van der Waals surface area contributed by atoms with E-state index in [0.29, 0.717) is 31.6 Å². The lowest BCUT2D eigenvalue weighted by atomic mass is 9.86. The molecule has 1 heterocycles. The Labute approximate surface area is 148 Å². The van der Waals surface area contributed by atoms with Crippen molar-refractivity contribution in [3.63, 3.8) is 0 Å². The molecule has 26 heavy (non-hydrogen) atoms. The molecule has 1 aromatic carbocycles. The number of ether oxygens (including phenoxy) is 2. The molecule has 1 aliphatic rings. The summed E-state index contributed by atoms with van der Waals surface area (Å²) in [7, 11) is 0. The number of rotatable bonds is 7. The van der Waals surface area contributed by atoms with Crippen LogP contribution in [0.2, 0.25) is 0 Å². The van der Waals surface area contributed by atoms with Crippen molar-refractivity contribution in [3.05, 3.63) is 29.8 Å². The first-order valence-electron chi connectivity index (χ1n) is 8.16. The molecule has 0 saturated carbocycles. The molecule has 1 unspecified atom stereocenters. The highest BCUT2D eigenvalue weighted by atomic mass is 19.4. The maximum Gasteiger partial charge on any atom is 0.573 e. The van der Waals surface area contributed by atoms with Gasteiger partial charge in [0, 0.05) is 19.8 Å². The van der Waals surface area contributed by atoms with Gasteiger partial charge in [0.25, 0.3) is 0 Å². The molecule has 1 fully saturated rings. The SMILES string of the molecule is O=C(Cc1ccc(OC(F)(F)F)cc1)NCC(C(=O)O)C1CCOCC1. The average Bonchev–Trinajstić information content (AvgIpc) is 2.56. The summed E-state index contributed by atoms with van der Waals surface area (Å²) in [4.78, 5) is 23.4. The van der Waals surface area contributed by atoms with E-state index in [-0.39, 0.29) is 24.6 Å². The maximum atomic E-state index is 12.1. The molecule has 1 aliphatic heterocycles. The van der Waals surface area contributed by atoms with Gasteiger partial charge >= 0.3 is 12.3 Å². The third kappa shape index (κ3) is 6.55. The fraction of sp³-hybridized carbons (Fsp3) is 0.529. The van der Waals surface area contributed by atoms with Crippen LogP contribution in [-0.2, 0) is 20.7 Å². The number of carbonyl (C=O) groups excluding carboxylic acids is 1. The second-order valence-electron chi connectivity index (χ2n) is 6.07. The molecule has 0 aliphatic carbocycles. The molecular weight excluding hydrogens is 355 g/mol. The summed E-state index contributed by atoms with van der Waals surface area (Å²) in [6.07, 6.45) is -3.57. The number of carboxylic acid groups (broad SMARTS) is 1. The zero-order valence-corrected chi connectivity index (χ0v) is 13.9. The number of hydrogen-bond donors (Lipinski definition) is 2. The molecule has 6 nitrogen and oxygen atoms in total. The monoisotopic (exact) mass is 375 g/mol. The Balaban J connectivity index is 1.84. The molecule has 0 spiro atoms. The van der Waals surface area contributed by atoms with Crippen molar-refractivity contribution in [3.8, 4) is 5.75 Å². The molecular formula is C17H20F3NO5. The predicted molar refractivity (Wildman–Crippen MR) is 84.5 cm³/mol. The van der Waals surface area contributed by atoms with E-state index in [1.165, 1.54) is 12.1 Å². The molecule has 1 atom stereocenters. The van der Waals surface area contributed by atoms with Gasteiger partial charge in [-0.2, -0.15) is 0 Å². The van der Waals surface area contributed by atoms with Crippen LogP contribution in [0.1, 0.15) is 18.4 Å². The van der Waals surface area contributed by atoms with Crippen molar-refractivity contribution in [2.45, 2.75) is 25.6 Å². The van der Waals surface area contributed by atoms with Crippen LogP contribution in [0, 0.1) is 11.8 Å². The van der Waals surface area contributed by atoms with Crippen molar-refractivity contribution >= 4 is 11.9 Å². The number of benzene rings is 1. The van der Waals surface area contributed by atoms with Gasteiger partial charge in [-0.05, 0) is 36.5 Å². The summed E-state index contributed by atoms with van der Waals surface area (Å²) >= 11 is 0. The summed E-state index contributed by atoms with van der Waals surface area (Å²) < 4.78 is 45.3. The van der Waals surface area contributed by atoms with Crippen LogP contribution in [0.4, 0.5) is 13.2 Å². The van der Waals surface area contributed by atoms with Gasteiger partial charge in [0.05, 0.1) is 12.3 Å². The molecule has 0 radical (unpaired) electrons. The number of carboxylic acids is 1. The van der Waals surface area contributed by atoms with E-state index in [2.05, 4.69) is 10.1 Å². The van der Waals surface area contributed by atoms with Crippen LogP contribution in [0.3, 0.4) is 0 Å². The first-order valence-corrected chi connectivity index (χ1v) is 8.16. The van der Waals surface area contributed by atoms with E-state index in [0.717, 1.165) is 12.1 Å². The molecule has 2 N–H and O–H groups in total. The van der Waals surface area contributed by atoms with Crippen LogP contribution in [-0.4, -0.2) is 43.1 Å². The minimum absolute atomic E-state index is 0.00804. The summed E-state index contributed by atoms with van der Waals surface area (Å²) in [6, 6.07) is 4.96.